The zero-order valence-corrected chi connectivity index (χ0v) is 24.8. The molecule has 0 spiro atoms. The zero-order valence-electron chi connectivity index (χ0n) is 22.8. The number of aliphatic hydroxyl groups excluding tert-OH is 2. The van der Waals surface area contributed by atoms with Crippen LogP contribution in [0.2, 0.25) is 0 Å². The Kier molecular flexibility index (Phi) is 25.5. The Labute approximate surface area is 239 Å². The molecule has 3 atom stereocenters. The summed E-state index contributed by atoms with van der Waals surface area (Å²) in [6.45, 7) is 3.32. The van der Waals surface area contributed by atoms with Gasteiger partial charge in [-0.25, -0.2) is 4.79 Å². The molecule has 2 N–H and O–H groups in total. The van der Waals surface area contributed by atoms with Gasteiger partial charge in [-0.05, 0) is 13.3 Å². The Morgan fingerprint density at radius 1 is 0.722 bits per heavy atom. The number of aliphatic hydroxyl groups is 2. The van der Waals surface area contributed by atoms with E-state index in [9.17, 15) is 29.4 Å². The normalized spacial score (nSPS) is 13.3. The van der Waals surface area contributed by atoms with Gasteiger partial charge in [0.15, 0.2) is 5.78 Å². The van der Waals surface area contributed by atoms with Crippen molar-refractivity contribution in [2.45, 2.75) is 148 Å². The summed E-state index contributed by atoms with van der Waals surface area (Å²) >= 11 is 0. The fraction of sp³-hybridized carbons (Fsp3) is 0.852. The molecule has 0 aromatic heterocycles. The molecule has 0 rings (SSSR count). The van der Waals surface area contributed by atoms with E-state index < -0.39 is 48.9 Å². The van der Waals surface area contributed by atoms with E-state index in [4.69, 9.17) is 5.11 Å². The van der Waals surface area contributed by atoms with Crippen molar-refractivity contribution < 1.29 is 68.8 Å². The first-order chi connectivity index (χ1) is 16.7. The minimum atomic E-state index is -1.93. The number of Topliss-reactive ketones (excluding diaryl/α,β-unsaturated/α-hetero) is 2. The second-order valence-corrected chi connectivity index (χ2v) is 9.55. The molecule has 0 fully saturated rings. The maximum atomic E-state index is 12.0. The van der Waals surface area contributed by atoms with Gasteiger partial charge in [0.05, 0.1) is 12.4 Å². The number of hydrogen-bond acceptors (Lipinski definition) is 8. The molecule has 0 heterocycles. The number of carboxylic acids is 1. The van der Waals surface area contributed by atoms with Crippen LogP contribution in [0.1, 0.15) is 129 Å². The largest absolute Gasteiger partial charge is 1.00 e. The Morgan fingerprint density at radius 2 is 1.14 bits per heavy atom. The van der Waals surface area contributed by atoms with E-state index in [0.717, 1.165) is 26.2 Å². The molecule has 0 bridgehead atoms. The van der Waals surface area contributed by atoms with Gasteiger partial charge in [-0.1, -0.05) is 96.8 Å². The van der Waals surface area contributed by atoms with E-state index >= 15 is 0 Å². The molecule has 0 amide bonds. The number of carboxylic acid groups (broad SMARTS) is 1. The summed E-state index contributed by atoms with van der Waals surface area (Å²) in [4.78, 5) is 46.4. The SMILES string of the molecule is CCCCCCCCCCCCCCCCCC(=O)CC(O)C(=O)CC(OC(=O)C(C)O)C(=O)[O-].[Na+]. The van der Waals surface area contributed by atoms with Crippen LogP contribution in [0, 0.1) is 0 Å². The Morgan fingerprint density at radius 3 is 1.53 bits per heavy atom. The first-order valence-electron chi connectivity index (χ1n) is 13.5. The Hall–Kier alpha value is -0.800. The number of unbranched alkanes of at least 4 members (excludes halogenated alkanes) is 14. The fourth-order valence-electron chi connectivity index (χ4n) is 3.86. The van der Waals surface area contributed by atoms with Crippen LogP contribution in [-0.2, 0) is 23.9 Å². The van der Waals surface area contributed by atoms with Crippen molar-refractivity contribution in [1.29, 1.82) is 0 Å². The standard InChI is InChI=1S/C27H48O8.Na/c1-3-4-5-6-7-8-9-10-11-12-13-14-15-16-17-18-22(29)19-23(30)24(31)20-25(26(32)33)35-27(34)21(2)28;/h21,23,25,28,30H,3-20H2,1-2H3,(H,32,33);/q;+1/p-1. The molecule has 0 aromatic carbocycles. The first-order valence-corrected chi connectivity index (χ1v) is 13.5. The molecule has 0 saturated carbocycles. The first kappa shape index (κ1) is 37.4. The van der Waals surface area contributed by atoms with Crippen molar-refractivity contribution in [1.82, 2.24) is 0 Å². The number of hydrogen-bond donors (Lipinski definition) is 2. The van der Waals surface area contributed by atoms with Gasteiger partial charge in [-0.15, -0.1) is 0 Å². The molecule has 0 aliphatic carbocycles. The second-order valence-electron chi connectivity index (χ2n) is 9.55. The third kappa shape index (κ3) is 21.3. The molecule has 8 nitrogen and oxygen atoms in total. The van der Waals surface area contributed by atoms with Crippen molar-refractivity contribution in [2.75, 3.05) is 0 Å². The van der Waals surface area contributed by atoms with Crippen LogP contribution < -0.4 is 34.7 Å². The van der Waals surface area contributed by atoms with Crippen LogP contribution in [-0.4, -0.2) is 52.0 Å². The molecule has 0 radical (unpaired) electrons. The smallest absolute Gasteiger partial charge is 0.546 e. The van der Waals surface area contributed by atoms with Gasteiger partial charge >= 0.3 is 35.5 Å². The van der Waals surface area contributed by atoms with Gasteiger partial charge in [0.25, 0.3) is 0 Å². The monoisotopic (exact) mass is 522 g/mol. The van der Waals surface area contributed by atoms with Gasteiger partial charge < -0.3 is 24.9 Å². The minimum Gasteiger partial charge on any atom is -0.546 e. The molecule has 204 valence electrons. The molecular formula is C27H47NaO8. The minimum absolute atomic E-state index is 0. The van der Waals surface area contributed by atoms with Crippen molar-refractivity contribution in [3.8, 4) is 0 Å². The number of ether oxygens (including phenoxy) is 1. The summed E-state index contributed by atoms with van der Waals surface area (Å²) in [5.74, 6) is -4.23. The third-order valence-corrected chi connectivity index (χ3v) is 6.10. The maximum absolute atomic E-state index is 12.0. The van der Waals surface area contributed by atoms with Crippen molar-refractivity contribution in [2.24, 2.45) is 0 Å². The Balaban J connectivity index is 0. The third-order valence-electron chi connectivity index (χ3n) is 6.10. The summed E-state index contributed by atoms with van der Waals surface area (Å²) in [6, 6.07) is 0. The van der Waals surface area contributed by atoms with Gasteiger partial charge in [-0.3, -0.25) is 9.59 Å². The number of rotatable bonds is 24. The molecule has 0 aromatic rings. The van der Waals surface area contributed by atoms with Gasteiger partial charge in [0.2, 0.25) is 0 Å². The Bertz CT molecular complexity index is 609. The molecule has 0 aliphatic rings. The summed E-state index contributed by atoms with van der Waals surface area (Å²) < 4.78 is 4.49. The second kappa shape index (κ2) is 24.5. The number of carbonyl (C=O) groups is 4. The summed E-state index contributed by atoms with van der Waals surface area (Å²) in [7, 11) is 0. The molecular weight excluding hydrogens is 475 g/mol. The van der Waals surface area contributed by atoms with Crippen LogP contribution in [0.25, 0.3) is 0 Å². The van der Waals surface area contributed by atoms with Crippen molar-refractivity contribution >= 4 is 23.5 Å². The number of aliphatic carboxylic acids is 1. The topological polar surface area (TPSA) is 141 Å². The van der Waals surface area contributed by atoms with Crippen LogP contribution >= 0.6 is 0 Å². The molecule has 0 aliphatic heterocycles. The van der Waals surface area contributed by atoms with E-state index in [-0.39, 0.29) is 41.8 Å². The van der Waals surface area contributed by atoms with Gasteiger partial charge in [0, 0.05) is 12.8 Å². The number of ketones is 2. The average molecular weight is 523 g/mol. The predicted molar refractivity (Wildman–Crippen MR) is 131 cm³/mol. The van der Waals surface area contributed by atoms with Crippen molar-refractivity contribution in [3.05, 3.63) is 0 Å². The fourth-order valence-corrected chi connectivity index (χ4v) is 3.86. The predicted octanol–water partition coefficient (Wildman–Crippen LogP) is 0.574. The van der Waals surface area contributed by atoms with E-state index in [1.165, 1.54) is 70.6 Å². The number of carbonyl (C=O) groups excluding carboxylic acids is 4. The van der Waals surface area contributed by atoms with E-state index in [1.807, 2.05) is 0 Å². The average Bonchev–Trinajstić information content (AvgIpc) is 2.80. The van der Waals surface area contributed by atoms with E-state index in [2.05, 4.69) is 11.7 Å². The maximum Gasteiger partial charge on any atom is 1.00 e. The van der Waals surface area contributed by atoms with E-state index in [0.29, 0.717) is 6.42 Å². The summed E-state index contributed by atoms with van der Waals surface area (Å²) in [5.41, 5.74) is 0. The van der Waals surface area contributed by atoms with Crippen LogP contribution in [0.15, 0.2) is 0 Å². The molecule has 0 saturated heterocycles. The summed E-state index contributed by atoms with van der Waals surface area (Å²) in [5, 5.41) is 30.0. The van der Waals surface area contributed by atoms with Crippen molar-refractivity contribution in [3.63, 3.8) is 0 Å². The summed E-state index contributed by atoms with van der Waals surface area (Å²) in [6.07, 6.45) is 12.2. The van der Waals surface area contributed by atoms with Crippen LogP contribution in [0.3, 0.4) is 0 Å². The van der Waals surface area contributed by atoms with Crippen LogP contribution in [0.4, 0.5) is 0 Å². The molecule has 3 unspecified atom stereocenters. The van der Waals surface area contributed by atoms with Crippen LogP contribution in [0.5, 0.6) is 0 Å². The number of esters is 1. The van der Waals surface area contributed by atoms with E-state index in [1.54, 1.807) is 0 Å². The van der Waals surface area contributed by atoms with Gasteiger partial charge in [-0.2, -0.15) is 0 Å². The quantitative estimate of drug-likeness (QED) is 0.107. The molecule has 36 heavy (non-hydrogen) atoms. The zero-order chi connectivity index (χ0) is 26.5. The molecule has 9 heteroatoms. The van der Waals surface area contributed by atoms with Gasteiger partial charge in [0.1, 0.15) is 24.1 Å².